The first-order valence-electron chi connectivity index (χ1n) is 10.7. The van der Waals surface area contributed by atoms with Gasteiger partial charge in [0.2, 0.25) is 5.91 Å². The summed E-state index contributed by atoms with van der Waals surface area (Å²) in [5, 5.41) is 22.8. The van der Waals surface area contributed by atoms with Crippen LogP contribution in [-0.4, -0.2) is 71.2 Å². The predicted molar refractivity (Wildman–Crippen MR) is 142 cm³/mol. The van der Waals surface area contributed by atoms with E-state index in [4.69, 9.17) is 5.11 Å². The van der Waals surface area contributed by atoms with E-state index in [1.165, 1.54) is 29.3 Å². The summed E-state index contributed by atoms with van der Waals surface area (Å²) in [6.07, 6.45) is 9.33. The standard InChI is InChI=1S/C20H24N6O2.C3H7NO.C2H4/c1-15(2)7-4-5-10-22-13-19(21-3)23-12-17-14-26(25-24-17)18-9-6-8-16(11-18)20(27)28;1-3(5)4-2;1-2/h4-9,11-12,14,22H,10,13H2,1-3H3,(H,27,28);1-2H3,(H,4,5);1-2H2/b5-4-,21-19?,23-12?;;. The summed E-state index contributed by atoms with van der Waals surface area (Å²) in [6, 6.07) is 6.47. The van der Waals surface area contributed by atoms with Gasteiger partial charge in [-0.1, -0.05) is 35.1 Å². The van der Waals surface area contributed by atoms with Crippen LogP contribution in [0.4, 0.5) is 0 Å². The van der Waals surface area contributed by atoms with E-state index in [9.17, 15) is 9.59 Å². The number of aliphatic imine (C=N–C) groups is 2. The number of carboxylic acid groups (broad SMARTS) is 1. The van der Waals surface area contributed by atoms with Crippen LogP contribution in [0.5, 0.6) is 0 Å². The van der Waals surface area contributed by atoms with Crippen molar-refractivity contribution in [1.29, 1.82) is 0 Å². The molecule has 0 aliphatic rings. The second kappa shape index (κ2) is 18.3. The Bertz CT molecular complexity index is 1050. The molecule has 0 fully saturated rings. The lowest BCUT2D eigenvalue weighted by Gasteiger charge is -2.01. The molecular weight excluding hydrogens is 446 g/mol. The van der Waals surface area contributed by atoms with Gasteiger partial charge in [-0.15, -0.1) is 18.3 Å². The van der Waals surface area contributed by atoms with Crippen LogP contribution in [0.2, 0.25) is 0 Å². The normalized spacial score (nSPS) is 10.7. The highest BCUT2D eigenvalue weighted by atomic mass is 16.4. The van der Waals surface area contributed by atoms with Crippen LogP contribution in [0.3, 0.4) is 0 Å². The van der Waals surface area contributed by atoms with Gasteiger partial charge in [0.1, 0.15) is 11.5 Å². The minimum atomic E-state index is -0.990. The molecule has 0 aliphatic heterocycles. The van der Waals surface area contributed by atoms with Gasteiger partial charge in [0.25, 0.3) is 0 Å². The molecular formula is C25H35N7O3. The van der Waals surface area contributed by atoms with Crippen molar-refractivity contribution in [2.24, 2.45) is 9.98 Å². The van der Waals surface area contributed by atoms with Crippen molar-refractivity contribution in [3.05, 3.63) is 78.7 Å². The zero-order valence-corrected chi connectivity index (χ0v) is 21.0. The molecule has 2 aromatic rings. The summed E-state index contributed by atoms with van der Waals surface area (Å²) in [7, 11) is 3.28. The van der Waals surface area contributed by atoms with E-state index in [0.29, 0.717) is 30.3 Å². The average Bonchev–Trinajstić information content (AvgIpc) is 3.33. The number of aromatic carboxylic acids is 1. The first-order chi connectivity index (χ1) is 16.8. The molecule has 1 aromatic carbocycles. The monoisotopic (exact) mass is 481 g/mol. The zero-order chi connectivity index (χ0) is 26.6. The highest BCUT2D eigenvalue weighted by Gasteiger charge is 2.06. The number of allylic oxidation sites excluding steroid dienone is 3. The molecule has 0 unspecified atom stereocenters. The lowest BCUT2D eigenvalue weighted by molar-refractivity contribution is -0.118. The number of amides is 1. The van der Waals surface area contributed by atoms with Crippen molar-refractivity contribution < 1.29 is 14.7 Å². The molecule has 0 saturated carbocycles. The number of carbonyl (C=O) groups excluding carboxylic acids is 1. The first kappa shape index (κ1) is 30.8. The van der Waals surface area contributed by atoms with Crippen molar-refractivity contribution in [3.8, 4) is 5.69 Å². The van der Waals surface area contributed by atoms with Crippen molar-refractivity contribution >= 4 is 23.9 Å². The van der Waals surface area contributed by atoms with Crippen LogP contribution in [0, 0.1) is 0 Å². The maximum Gasteiger partial charge on any atom is 0.335 e. The van der Waals surface area contributed by atoms with Crippen LogP contribution in [0.1, 0.15) is 36.8 Å². The number of benzene rings is 1. The molecule has 1 heterocycles. The van der Waals surface area contributed by atoms with Gasteiger partial charge in [-0.25, -0.2) is 14.5 Å². The van der Waals surface area contributed by atoms with Gasteiger partial charge in [0, 0.05) is 27.6 Å². The average molecular weight is 482 g/mol. The molecule has 188 valence electrons. The maximum atomic E-state index is 11.1. The molecule has 0 aliphatic carbocycles. The van der Waals surface area contributed by atoms with Gasteiger partial charge in [0.15, 0.2) is 0 Å². The van der Waals surface area contributed by atoms with Crippen LogP contribution in [-0.2, 0) is 4.79 Å². The fourth-order valence-corrected chi connectivity index (χ4v) is 2.16. The topological polar surface area (TPSA) is 134 Å². The van der Waals surface area contributed by atoms with Gasteiger partial charge < -0.3 is 15.7 Å². The van der Waals surface area contributed by atoms with Crippen LogP contribution in [0.15, 0.2) is 77.4 Å². The van der Waals surface area contributed by atoms with Gasteiger partial charge in [-0.05, 0) is 32.0 Å². The molecule has 0 bridgehead atoms. The number of aromatic nitrogens is 3. The third kappa shape index (κ3) is 13.9. The summed E-state index contributed by atoms with van der Waals surface area (Å²) < 4.78 is 1.50. The Kier molecular flexibility index (Phi) is 16.1. The Balaban J connectivity index is 0.00000146. The summed E-state index contributed by atoms with van der Waals surface area (Å²) in [6.45, 7) is 12.8. The quantitative estimate of drug-likeness (QED) is 0.174. The smallest absolute Gasteiger partial charge is 0.335 e. The molecule has 3 N–H and O–H groups in total. The van der Waals surface area contributed by atoms with E-state index < -0.39 is 5.97 Å². The summed E-state index contributed by atoms with van der Waals surface area (Å²) in [5.41, 5.74) is 2.60. The molecule has 10 nitrogen and oxygen atoms in total. The molecule has 1 amide bonds. The lowest BCUT2D eigenvalue weighted by Crippen LogP contribution is -2.22. The summed E-state index contributed by atoms with van der Waals surface area (Å²) in [5.74, 6) is -0.348. The number of amidine groups is 1. The summed E-state index contributed by atoms with van der Waals surface area (Å²) in [4.78, 5) is 29.3. The number of hydrogen-bond acceptors (Lipinski definition) is 6. The fraction of sp³-hybridized carbons (Fsp3) is 0.280. The van der Waals surface area contributed by atoms with E-state index in [1.807, 2.05) is 32.1 Å². The maximum absolute atomic E-state index is 11.1. The first-order valence-corrected chi connectivity index (χ1v) is 10.7. The van der Waals surface area contributed by atoms with E-state index in [1.54, 1.807) is 38.6 Å². The minimum Gasteiger partial charge on any atom is -0.478 e. The van der Waals surface area contributed by atoms with E-state index in [0.717, 1.165) is 0 Å². The molecule has 35 heavy (non-hydrogen) atoms. The van der Waals surface area contributed by atoms with Gasteiger partial charge in [0.05, 0.1) is 30.2 Å². The van der Waals surface area contributed by atoms with Gasteiger partial charge in [-0.2, -0.15) is 0 Å². The SMILES string of the molecule is C=C.CN=C(CNC/C=C\C=C(C)C)N=Cc1cn(-c2cccc(C(=O)O)c2)nn1.CNC(C)=O. The molecule has 0 spiro atoms. The zero-order valence-electron chi connectivity index (χ0n) is 21.0. The Morgan fingerprint density at radius 3 is 2.49 bits per heavy atom. The third-order valence-corrected chi connectivity index (χ3v) is 3.94. The number of rotatable bonds is 8. The Hall–Kier alpha value is -4.18. The molecule has 0 radical (unpaired) electrons. The molecule has 2 rings (SSSR count). The van der Waals surface area contributed by atoms with Crippen LogP contribution in [0.25, 0.3) is 5.69 Å². The number of carbonyl (C=O) groups is 2. The predicted octanol–water partition coefficient (Wildman–Crippen LogP) is 3.08. The van der Waals surface area contributed by atoms with E-state index in [-0.39, 0.29) is 11.5 Å². The second-order valence-corrected chi connectivity index (χ2v) is 6.95. The van der Waals surface area contributed by atoms with Crippen molar-refractivity contribution in [2.45, 2.75) is 20.8 Å². The highest BCUT2D eigenvalue weighted by molar-refractivity contribution is 5.94. The molecule has 0 saturated heterocycles. The largest absolute Gasteiger partial charge is 0.478 e. The third-order valence-electron chi connectivity index (χ3n) is 3.94. The van der Waals surface area contributed by atoms with Gasteiger partial charge >= 0.3 is 5.97 Å². The van der Waals surface area contributed by atoms with Crippen molar-refractivity contribution in [3.63, 3.8) is 0 Å². The second-order valence-electron chi connectivity index (χ2n) is 6.95. The van der Waals surface area contributed by atoms with Gasteiger partial charge in [-0.3, -0.25) is 9.79 Å². The lowest BCUT2D eigenvalue weighted by atomic mass is 10.2. The van der Waals surface area contributed by atoms with E-state index in [2.05, 4.69) is 44.1 Å². The molecule has 0 atom stereocenters. The van der Waals surface area contributed by atoms with E-state index >= 15 is 0 Å². The number of nitrogens with zero attached hydrogens (tertiary/aromatic N) is 5. The Morgan fingerprint density at radius 2 is 1.91 bits per heavy atom. The van der Waals surface area contributed by atoms with Crippen molar-refractivity contribution in [2.75, 3.05) is 27.2 Å². The fourth-order valence-electron chi connectivity index (χ4n) is 2.16. The number of carboxylic acids is 1. The number of nitrogens with one attached hydrogen (secondary N) is 2. The van der Waals surface area contributed by atoms with Crippen LogP contribution < -0.4 is 10.6 Å². The minimum absolute atomic E-state index is 0.00463. The van der Waals surface area contributed by atoms with Crippen molar-refractivity contribution in [1.82, 2.24) is 25.6 Å². The molecule has 1 aromatic heterocycles. The molecule has 10 heteroatoms. The highest BCUT2D eigenvalue weighted by Crippen LogP contribution is 2.09. The Morgan fingerprint density at radius 1 is 1.23 bits per heavy atom. The Labute approximate surface area is 206 Å². The summed E-state index contributed by atoms with van der Waals surface area (Å²) >= 11 is 0. The number of hydrogen-bond donors (Lipinski definition) is 3. The van der Waals surface area contributed by atoms with Crippen LogP contribution >= 0.6 is 0 Å².